The van der Waals surface area contributed by atoms with Gasteiger partial charge < -0.3 is 34.7 Å². The van der Waals surface area contributed by atoms with Crippen molar-refractivity contribution in [2.75, 3.05) is 40.1 Å². The number of Topliss-reactive ketones (excluding diaryl/α,β-unsaturated/α-hetero) is 3. The van der Waals surface area contributed by atoms with E-state index in [2.05, 4.69) is 10.6 Å². The molecule has 17 heteroatoms. The summed E-state index contributed by atoms with van der Waals surface area (Å²) in [6.07, 6.45) is -1.36. The maximum absolute atomic E-state index is 14.1. The number of ether oxygens (including phenoxy) is 3. The Bertz CT molecular complexity index is 1570. The van der Waals surface area contributed by atoms with Crippen molar-refractivity contribution >= 4 is 41.0 Å². The van der Waals surface area contributed by atoms with E-state index in [4.69, 9.17) is 24.6 Å². The number of amides is 4. The first-order chi connectivity index (χ1) is 27.4. The van der Waals surface area contributed by atoms with Crippen molar-refractivity contribution in [3.63, 3.8) is 0 Å². The van der Waals surface area contributed by atoms with Crippen LogP contribution in [0, 0.1) is 11.8 Å². The van der Waals surface area contributed by atoms with Gasteiger partial charge >= 0.3 is 0 Å². The molecule has 0 saturated carbocycles. The van der Waals surface area contributed by atoms with Crippen LogP contribution in [0.5, 0.6) is 5.75 Å². The number of rotatable bonds is 30. The van der Waals surface area contributed by atoms with Gasteiger partial charge in [-0.1, -0.05) is 42.5 Å². The summed E-state index contributed by atoms with van der Waals surface area (Å²) < 4.78 is 15.7. The van der Waals surface area contributed by atoms with Crippen molar-refractivity contribution < 1.29 is 63.3 Å². The van der Waals surface area contributed by atoms with Gasteiger partial charge in [0.1, 0.15) is 11.5 Å². The zero-order valence-electron chi connectivity index (χ0n) is 32.5. The fraction of sp³-hybridized carbons (Fsp3) is 0.525. The summed E-state index contributed by atoms with van der Waals surface area (Å²) in [6, 6.07) is 12.6. The number of aromatic hydroxyl groups is 1. The van der Waals surface area contributed by atoms with Gasteiger partial charge in [0.15, 0.2) is 11.6 Å². The molecule has 2 aromatic carbocycles. The Kier molecular flexibility index (Phi) is 23.2. The summed E-state index contributed by atoms with van der Waals surface area (Å²) in [5.74, 6) is -6.37. The van der Waals surface area contributed by atoms with E-state index in [0.29, 0.717) is 25.4 Å². The number of carbonyl (C=O) groups excluding carboxylic acids is 7. The van der Waals surface area contributed by atoms with Crippen molar-refractivity contribution in [2.45, 2.75) is 83.2 Å². The maximum Gasteiger partial charge on any atom is 0.243 e. The van der Waals surface area contributed by atoms with Gasteiger partial charge in [-0.3, -0.25) is 39.2 Å². The summed E-state index contributed by atoms with van der Waals surface area (Å²) in [7, 11) is 1.56. The van der Waals surface area contributed by atoms with E-state index >= 15 is 0 Å². The number of ketones is 3. The molecule has 0 heterocycles. The van der Waals surface area contributed by atoms with Gasteiger partial charge in [0, 0.05) is 57.7 Å². The van der Waals surface area contributed by atoms with Crippen LogP contribution in [-0.2, 0) is 60.6 Å². The summed E-state index contributed by atoms with van der Waals surface area (Å²) in [6.45, 7) is 3.02. The normalized spacial score (nSPS) is 13.1. The number of carbonyl (C=O) groups is 7. The van der Waals surface area contributed by atoms with Crippen LogP contribution in [0.4, 0.5) is 0 Å². The lowest BCUT2D eigenvalue weighted by atomic mass is 9.89. The largest absolute Gasteiger partial charge is 0.508 e. The van der Waals surface area contributed by atoms with Crippen molar-refractivity contribution in [1.29, 1.82) is 0 Å². The molecule has 0 fully saturated rings. The van der Waals surface area contributed by atoms with E-state index < -0.39 is 65.5 Å². The van der Waals surface area contributed by atoms with Crippen LogP contribution in [0.1, 0.15) is 69.4 Å². The third-order valence-corrected chi connectivity index (χ3v) is 8.98. The number of benzene rings is 2. The molecule has 0 spiro atoms. The van der Waals surface area contributed by atoms with E-state index in [-0.39, 0.29) is 82.5 Å². The molecule has 0 aliphatic heterocycles. The number of hydrogen-bond donors (Lipinski definition) is 7. The number of methoxy groups -OCH3 is 1. The van der Waals surface area contributed by atoms with Crippen LogP contribution in [0.15, 0.2) is 54.6 Å². The quantitative estimate of drug-likeness (QED) is 0.0339. The van der Waals surface area contributed by atoms with Gasteiger partial charge in [0.2, 0.25) is 23.6 Å². The predicted octanol–water partition coefficient (Wildman–Crippen LogP) is 1.92. The topological polar surface area (TPSA) is 256 Å². The molecule has 17 nitrogen and oxygen atoms in total. The lowest BCUT2D eigenvalue weighted by Gasteiger charge is -2.25. The summed E-state index contributed by atoms with van der Waals surface area (Å²) in [5.41, 5.74) is 4.34. The summed E-state index contributed by atoms with van der Waals surface area (Å²) in [5, 5.41) is 33.3. The van der Waals surface area contributed by atoms with E-state index in [1.54, 1.807) is 31.4 Å². The average molecular weight is 801 g/mol. The third-order valence-electron chi connectivity index (χ3n) is 8.98. The molecular weight excluding hydrogens is 744 g/mol. The van der Waals surface area contributed by atoms with Crippen LogP contribution in [-0.4, -0.2) is 109 Å². The molecule has 4 atom stereocenters. The second-order valence-electron chi connectivity index (χ2n) is 13.6. The Morgan fingerprint density at radius 1 is 0.614 bits per heavy atom. The van der Waals surface area contributed by atoms with Gasteiger partial charge in [-0.15, -0.1) is 0 Å². The van der Waals surface area contributed by atoms with E-state index in [9.17, 15) is 38.7 Å². The number of hydroxylamine groups is 2. The fourth-order valence-corrected chi connectivity index (χ4v) is 5.90. The number of phenols is 1. The first kappa shape index (κ1) is 48.1. The molecule has 7 N–H and O–H groups in total. The first-order valence-electron chi connectivity index (χ1n) is 18.8. The second kappa shape index (κ2) is 27.5. The van der Waals surface area contributed by atoms with Crippen LogP contribution >= 0.6 is 0 Å². The Morgan fingerprint density at radius 2 is 1.18 bits per heavy atom. The van der Waals surface area contributed by atoms with Crippen LogP contribution in [0.2, 0.25) is 0 Å². The molecule has 2 aromatic rings. The lowest BCUT2D eigenvalue weighted by molar-refractivity contribution is -0.136. The Hall–Kier alpha value is -5.07. The molecule has 0 radical (unpaired) electrons. The van der Waals surface area contributed by atoms with E-state index in [0.717, 1.165) is 5.56 Å². The molecule has 0 saturated heterocycles. The van der Waals surface area contributed by atoms with Crippen LogP contribution in [0.25, 0.3) is 0 Å². The standard InChI is InChI=1S/C40H56N4O13/c1-27(45)23-31(24-28-7-4-3-5-8-28)40(52)42-34(25-29-10-13-32(46)14-11-29)36(48)26-30(12-16-37(49)43-53)39(51)41-33(15-17-38(50)44-54)35(47)9-6-18-56-21-22-57-20-19-55-2/h3-5,7-8,10-11,13-14,30-31,33-34,46,53-54H,6,9,12,15-26H2,1-2H3,(H,41,51)(H,42,52)(H,43,49)(H,44,50)/t30?,31-,33?,34+/m1/s1. The SMILES string of the molecule is COCCOCCOCCCC(=O)C(CCC(=O)NO)NC(=O)C(CCC(=O)NO)CC(=O)[C@H](Cc1ccc(O)cc1)NC(=O)[C@H](CC(C)=O)Cc1ccccc1. The Balaban J connectivity index is 2.29. The first-order valence-corrected chi connectivity index (χ1v) is 18.8. The van der Waals surface area contributed by atoms with E-state index in [1.165, 1.54) is 30.0 Å². The van der Waals surface area contributed by atoms with Gasteiger partial charge in [0.05, 0.1) is 38.5 Å². The molecule has 0 aromatic heterocycles. The number of phenolic OH excluding ortho intramolecular Hbond substituents is 1. The van der Waals surface area contributed by atoms with Crippen molar-refractivity contribution in [3.05, 3.63) is 65.7 Å². The van der Waals surface area contributed by atoms with Gasteiger partial charge in [-0.05, 0) is 62.3 Å². The maximum atomic E-state index is 14.1. The molecule has 4 amide bonds. The molecule has 314 valence electrons. The number of nitrogens with one attached hydrogen (secondary N) is 4. The minimum absolute atomic E-state index is 0.0228. The van der Waals surface area contributed by atoms with E-state index in [1.807, 2.05) is 18.2 Å². The van der Waals surface area contributed by atoms with Gasteiger partial charge in [-0.25, -0.2) is 11.0 Å². The predicted molar refractivity (Wildman–Crippen MR) is 204 cm³/mol. The molecule has 0 aliphatic carbocycles. The van der Waals surface area contributed by atoms with Crippen molar-refractivity contribution in [1.82, 2.24) is 21.6 Å². The highest BCUT2D eigenvalue weighted by atomic mass is 16.5. The monoisotopic (exact) mass is 800 g/mol. The lowest BCUT2D eigenvalue weighted by Crippen LogP contribution is -2.48. The fourth-order valence-electron chi connectivity index (χ4n) is 5.90. The van der Waals surface area contributed by atoms with Crippen molar-refractivity contribution in [2.24, 2.45) is 11.8 Å². The average Bonchev–Trinajstić information content (AvgIpc) is 3.20. The summed E-state index contributed by atoms with van der Waals surface area (Å²) >= 11 is 0. The Morgan fingerprint density at radius 3 is 1.79 bits per heavy atom. The Labute approximate surface area is 332 Å². The van der Waals surface area contributed by atoms with Gasteiger partial charge in [0.25, 0.3) is 0 Å². The highest BCUT2D eigenvalue weighted by Gasteiger charge is 2.32. The smallest absolute Gasteiger partial charge is 0.243 e. The molecule has 0 bridgehead atoms. The molecule has 2 rings (SSSR count). The molecule has 57 heavy (non-hydrogen) atoms. The molecule has 2 unspecified atom stereocenters. The minimum Gasteiger partial charge on any atom is -0.508 e. The third kappa shape index (κ3) is 20.1. The zero-order chi connectivity index (χ0) is 42.0. The van der Waals surface area contributed by atoms with Crippen molar-refractivity contribution in [3.8, 4) is 5.75 Å². The minimum atomic E-state index is -1.24. The second-order valence-corrected chi connectivity index (χ2v) is 13.6. The highest BCUT2D eigenvalue weighted by Crippen LogP contribution is 2.20. The van der Waals surface area contributed by atoms with Crippen LogP contribution < -0.4 is 21.6 Å². The van der Waals surface area contributed by atoms with Crippen LogP contribution in [0.3, 0.4) is 0 Å². The summed E-state index contributed by atoms with van der Waals surface area (Å²) in [4.78, 5) is 91.2. The molecular formula is C40H56N4O13. The van der Waals surface area contributed by atoms with Gasteiger partial charge in [-0.2, -0.15) is 0 Å². The molecule has 0 aliphatic rings. The highest BCUT2D eigenvalue weighted by molar-refractivity contribution is 5.95. The number of hydrogen-bond acceptors (Lipinski definition) is 13. The zero-order valence-corrected chi connectivity index (χ0v) is 32.5.